The van der Waals surface area contributed by atoms with E-state index in [9.17, 15) is 4.79 Å². The molecule has 2 N–H and O–H groups in total. The van der Waals surface area contributed by atoms with Crippen molar-refractivity contribution in [1.82, 2.24) is 15.1 Å². The van der Waals surface area contributed by atoms with Gasteiger partial charge in [0.1, 0.15) is 5.82 Å². The van der Waals surface area contributed by atoms with Gasteiger partial charge in [-0.05, 0) is 37.9 Å². The molecule has 22 heavy (non-hydrogen) atoms. The monoisotopic (exact) mass is 298 g/mol. The topological polar surface area (TPSA) is 59.0 Å². The van der Waals surface area contributed by atoms with Gasteiger partial charge in [-0.2, -0.15) is 5.10 Å². The molecular weight excluding hydrogens is 276 g/mol. The molecule has 0 radical (unpaired) electrons. The zero-order valence-electron chi connectivity index (χ0n) is 12.7. The molecule has 2 heterocycles. The average Bonchev–Trinajstić information content (AvgIpc) is 3.02. The van der Waals surface area contributed by atoms with Crippen LogP contribution in [-0.4, -0.2) is 28.8 Å². The van der Waals surface area contributed by atoms with Crippen molar-refractivity contribution >= 4 is 11.7 Å². The molecule has 0 spiro atoms. The van der Waals surface area contributed by atoms with Gasteiger partial charge in [-0.3, -0.25) is 4.79 Å². The van der Waals surface area contributed by atoms with E-state index in [1.165, 1.54) is 5.56 Å². The number of benzene rings is 1. The van der Waals surface area contributed by atoms with Gasteiger partial charge in [0.25, 0.3) is 0 Å². The number of nitrogens with zero attached hydrogens (tertiary/aromatic N) is 2. The minimum Gasteiger partial charge on any atom is -0.317 e. The standard InChI is InChI=1S/C17H22N4O/c22-17(15-6-10-18-11-7-15)20-16-8-12-19-21(16)13-9-14-4-2-1-3-5-14/h1-5,8,12,15,18H,6-7,9-11,13H2,(H,20,22). The van der Waals surface area contributed by atoms with Gasteiger partial charge in [-0.1, -0.05) is 30.3 Å². The van der Waals surface area contributed by atoms with E-state index in [-0.39, 0.29) is 11.8 Å². The summed E-state index contributed by atoms with van der Waals surface area (Å²) in [7, 11) is 0. The number of aromatic nitrogens is 2. The van der Waals surface area contributed by atoms with Crippen molar-refractivity contribution in [2.75, 3.05) is 18.4 Å². The zero-order chi connectivity index (χ0) is 15.2. The largest absolute Gasteiger partial charge is 0.317 e. The fraction of sp³-hybridized carbons (Fsp3) is 0.412. The Kier molecular flexibility index (Phi) is 4.85. The molecule has 0 atom stereocenters. The molecule has 1 saturated heterocycles. The van der Waals surface area contributed by atoms with Crippen LogP contribution in [0.3, 0.4) is 0 Å². The fourth-order valence-electron chi connectivity index (χ4n) is 2.81. The Morgan fingerprint density at radius 1 is 1.23 bits per heavy atom. The van der Waals surface area contributed by atoms with E-state index in [0.717, 1.165) is 44.7 Å². The molecule has 1 aromatic carbocycles. The van der Waals surface area contributed by atoms with Crippen LogP contribution < -0.4 is 10.6 Å². The summed E-state index contributed by atoms with van der Waals surface area (Å²) in [5.74, 6) is 1.01. The van der Waals surface area contributed by atoms with E-state index in [0.29, 0.717) is 0 Å². The number of piperidine rings is 1. The van der Waals surface area contributed by atoms with Crippen molar-refractivity contribution in [3.63, 3.8) is 0 Å². The number of amides is 1. The van der Waals surface area contributed by atoms with Crippen LogP contribution in [-0.2, 0) is 17.8 Å². The van der Waals surface area contributed by atoms with Gasteiger partial charge < -0.3 is 10.6 Å². The first kappa shape index (κ1) is 14.8. The molecule has 1 aliphatic rings. The number of carbonyl (C=O) groups excluding carboxylic acids is 1. The molecule has 2 aromatic rings. The summed E-state index contributed by atoms with van der Waals surface area (Å²) in [5, 5.41) is 10.6. The highest BCUT2D eigenvalue weighted by Crippen LogP contribution is 2.16. The van der Waals surface area contributed by atoms with E-state index < -0.39 is 0 Å². The van der Waals surface area contributed by atoms with Crippen LogP contribution in [0.2, 0.25) is 0 Å². The summed E-state index contributed by atoms with van der Waals surface area (Å²) in [6.45, 7) is 2.61. The second-order valence-electron chi connectivity index (χ2n) is 5.69. The van der Waals surface area contributed by atoms with Crippen LogP contribution in [0.4, 0.5) is 5.82 Å². The van der Waals surface area contributed by atoms with Gasteiger partial charge in [-0.15, -0.1) is 0 Å². The maximum Gasteiger partial charge on any atom is 0.228 e. The summed E-state index contributed by atoms with van der Waals surface area (Å²) >= 11 is 0. The first-order valence-electron chi connectivity index (χ1n) is 7.90. The Balaban J connectivity index is 1.58. The highest BCUT2D eigenvalue weighted by Gasteiger charge is 2.21. The second-order valence-corrected chi connectivity index (χ2v) is 5.69. The van der Waals surface area contributed by atoms with Crippen molar-refractivity contribution in [3.05, 3.63) is 48.2 Å². The van der Waals surface area contributed by atoms with Crippen molar-refractivity contribution in [3.8, 4) is 0 Å². The van der Waals surface area contributed by atoms with Crippen LogP contribution in [0.15, 0.2) is 42.6 Å². The Hall–Kier alpha value is -2.14. The molecule has 0 unspecified atom stereocenters. The lowest BCUT2D eigenvalue weighted by Gasteiger charge is -2.21. The molecule has 116 valence electrons. The first-order valence-corrected chi connectivity index (χ1v) is 7.90. The van der Waals surface area contributed by atoms with Crippen molar-refractivity contribution in [1.29, 1.82) is 0 Å². The molecule has 1 aliphatic heterocycles. The number of aryl methyl sites for hydroxylation is 2. The normalized spacial score (nSPS) is 15.6. The Bertz CT molecular complexity index is 602. The summed E-state index contributed by atoms with van der Waals surface area (Å²) in [6, 6.07) is 12.2. The predicted molar refractivity (Wildman–Crippen MR) is 86.6 cm³/mol. The predicted octanol–water partition coefficient (Wildman–Crippen LogP) is 2.06. The molecule has 5 heteroatoms. The van der Waals surface area contributed by atoms with Gasteiger partial charge in [0.05, 0.1) is 6.20 Å². The number of anilines is 1. The maximum atomic E-state index is 12.3. The number of hydrogen-bond acceptors (Lipinski definition) is 3. The van der Waals surface area contributed by atoms with Crippen LogP contribution in [0.1, 0.15) is 18.4 Å². The Labute approximate surface area is 130 Å². The van der Waals surface area contributed by atoms with Gasteiger partial charge in [0.2, 0.25) is 5.91 Å². The Morgan fingerprint density at radius 3 is 2.77 bits per heavy atom. The fourth-order valence-corrected chi connectivity index (χ4v) is 2.81. The SMILES string of the molecule is O=C(Nc1ccnn1CCc1ccccc1)C1CCNCC1. The summed E-state index contributed by atoms with van der Waals surface area (Å²) in [6.07, 6.45) is 4.45. The highest BCUT2D eigenvalue weighted by atomic mass is 16.2. The minimum atomic E-state index is 0.110. The lowest BCUT2D eigenvalue weighted by atomic mass is 9.97. The summed E-state index contributed by atoms with van der Waals surface area (Å²) < 4.78 is 1.87. The maximum absolute atomic E-state index is 12.3. The molecule has 0 bridgehead atoms. The average molecular weight is 298 g/mol. The summed E-state index contributed by atoms with van der Waals surface area (Å²) in [4.78, 5) is 12.3. The van der Waals surface area contributed by atoms with Crippen molar-refractivity contribution in [2.45, 2.75) is 25.8 Å². The highest BCUT2D eigenvalue weighted by molar-refractivity contribution is 5.91. The van der Waals surface area contributed by atoms with Crippen molar-refractivity contribution in [2.24, 2.45) is 5.92 Å². The number of hydrogen-bond donors (Lipinski definition) is 2. The van der Waals surface area contributed by atoms with Gasteiger partial charge in [-0.25, -0.2) is 4.68 Å². The lowest BCUT2D eigenvalue weighted by Crippen LogP contribution is -2.35. The molecular formula is C17H22N4O. The van der Waals surface area contributed by atoms with Crippen LogP contribution in [0.25, 0.3) is 0 Å². The third-order valence-corrected chi connectivity index (χ3v) is 4.13. The molecule has 0 saturated carbocycles. The van der Waals surface area contributed by atoms with E-state index in [1.54, 1.807) is 6.20 Å². The molecule has 5 nitrogen and oxygen atoms in total. The lowest BCUT2D eigenvalue weighted by molar-refractivity contribution is -0.120. The summed E-state index contributed by atoms with van der Waals surface area (Å²) in [5.41, 5.74) is 1.27. The first-order chi connectivity index (χ1) is 10.8. The number of nitrogens with one attached hydrogen (secondary N) is 2. The van der Waals surface area contributed by atoms with Gasteiger partial charge in [0, 0.05) is 18.5 Å². The van der Waals surface area contributed by atoms with Gasteiger partial charge in [0.15, 0.2) is 0 Å². The molecule has 1 fully saturated rings. The molecule has 0 aliphatic carbocycles. The smallest absolute Gasteiger partial charge is 0.228 e. The van der Waals surface area contributed by atoms with E-state index in [4.69, 9.17) is 0 Å². The third kappa shape index (κ3) is 3.74. The minimum absolute atomic E-state index is 0.110. The molecule has 1 amide bonds. The van der Waals surface area contributed by atoms with Crippen LogP contribution >= 0.6 is 0 Å². The quantitative estimate of drug-likeness (QED) is 0.888. The van der Waals surface area contributed by atoms with E-state index >= 15 is 0 Å². The third-order valence-electron chi connectivity index (χ3n) is 4.13. The van der Waals surface area contributed by atoms with E-state index in [2.05, 4.69) is 27.9 Å². The Morgan fingerprint density at radius 2 is 2.00 bits per heavy atom. The van der Waals surface area contributed by atoms with Crippen molar-refractivity contribution < 1.29 is 4.79 Å². The van der Waals surface area contributed by atoms with Crippen LogP contribution in [0.5, 0.6) is 0 Å². The second kappa shape index (κ2) is 7.22. The van der Waals surface area contributed by atoms with Crippen LogP contribution in [0, 0.1) is 5.92 Å². The van der Waals surface area contributed by atoms with E-state index in [1.807, 2.05) is 28.9 Å². The number of carbonyl (C=O) groups is 1. The number of rotatable bonds is 5. The van der Waals surface area contributed by atoms with Gasteiger partial charge >= 0.3 is 0 Å². The zero-order valence-corrected chi connectivity index (χ0v) is 12.7. The molecule has 1 aromatic heterocycles. The molecule has 3 rings (SSSR count).